The van der Waals surface area contributed by atoms with Crippen LogP contribution in [0.5, 0.6) is 0 Å². The van der Waals surface area contributed by atoms with Gasteiger partial charge in [-0.3, -0.25) is 0 Å². The van der Waals surface area contributed by atoms with Crippen LogP contribution in [-0.2, 0) is 4.74 Å². The normalized spacial score (nSPS) is 13.8. The minimum atomic E-state index is 0.553. The Kier molecular flexibility index (Phi) is 4.85. The third-order valence-corrected chi connectivity index (χ3v) is 2.15. The summed E-state index contributed by atoms with van der Waals surface area (Å²) < 4.78 is 4.25. The van der Waals surface area contributed by atoms with Crippen LogP contribution in [0.25, 0.3) is 12.2 Å². The molecule has 15 heavy (non-hydrogen) atoms. The number of benzene rings is 1. The molecule has 0 fully saturated rings. The van der Waals surface area contributed by atoms with Gasteiger partial charge in [-0.05, 0) is 17.0 Å². The highest BCUT2D eigenvalue weighted by Crippen LogP contribution is 2.18. The molecule has 0 aliphatic heterocycles. The van der Waals surface area contributed by atoms with Crippen LogP contribution in [0.4, 0.5) is 0 Å². The first kappa shape index (κ1) is 11.7. The first-order valence-electron chi connectivity index (χ1n) is 5.13. The molecule has 0 bridgehead atoms. The van der Waals surface area contributed by atoms with Crippen molar-refractivity contribution in [3.8, 4) is 0 Å². The van der Waals surface area contributed by atoms with Crippen molar-refractivity contribution in [3.05, 3.63) is 47.5 Å². The van der Waals surface area contributed by atoms with Gasteiger partial charge < -0.3 is 4.74 Å². The molecule has 1 nitrogen and oxygen atoms in total. The fourth-order valence-electron chi connectivity index (χ4n) is 1.39. The van der Waals surface area contributed by atoms with Crippen LogP contribution < -0.4 is 0 Å². The molecule has 0 spiro atoms. The second-order valence-electron chi connectivity index (χ2n) is 3.61. The molecule has 2 rings (SSSR count). The van der Waals surface area contributed by atoms with Gasteiger partial charge in [-0.25, -0.2) is 0 Å². The topological polar surface area (TPSA) is 9.23 Å². The molecule has 0 saturated carbocycles. The van der Waals surface area contributed by atoms with Crippen molar-refractivity contribution < 1.29 is 4.74 Å². The van der Waals surface area contributed by atoms with E-state index < -0.39 is 0 Å². The molecule has 0 aromatic heterocycles. The van der Waals surface area contributed by atoms with Gasteiger partial charge in [0.05, 0.1) is 0 Å². The monoisotopic (exact) mass is 202 g/mol. The Morgan fingerprint density at radius 1 is 0.933 bits per heavy atom. The molecular weight excluding hydrogens is 184 g/mol. The molecular formula is C14H18O. The summed E-state index contributed by atoms with van der Waals surface area (Å²) in [7, 11) is 3.25. The van der Waals surface area contributed by atoms with Crippen molar-refractivity contribution in [2.75, 3.05) is 14.2 Å². The van der Waals surface area contributed by atoms with Gasteiger partial charge in [-0.1, -0.05) is 55.5 Å². The Morgan fingerprint density at radius 2 is 1.33 bits per heavy atom. The highest BCUT2D eigenvalue weighted by Gasteiger charge is 1.99. The Bertz CT molecular complexity index is 317. The lowest BCUT2D eigenvalue weighted by atomic mass is 10.1. The van der Waals surface area contributed by atoms with Crippen molar-refractivity contribution in [2.45, 2.75) is 6.92 Å². The van der Waals surface area contributed by atoms with Crippen molar-refractivity contribution in [1.29, 1.82) is 0 Å². The predicted molar refractivity (Wildman–Crippen MR) is 66.6 cm³/mol. The molecule has 1 aliphatic rings. The Labute approximate surface area is 92.1 Å². The fourth-order valence-corrected chi connectivity index (χ4v) is 1.39. The van der Waals surface area contributed by atoms with Crippen LogP contribution in [0.3, 0.4) is 0 Å². The molecule has 0 atom stereocenters. The molecule has 80 valence electrons. The third-order valence-electron chi connectivity index (χ3n) is 2.15. The lowest BCUT2D eigenvalue weighted by molar-refractivity contribution is 0.277. The molecule has 1 heteroatoms. The van der Waals surface area contributed by atoms with Gasteiger partial charge in [0.1, 0.15) is 0 Å². The average Bonchev–Trinajstić information content (AvgIpc) is 2.43. The van der Waals surface area contributed by atoms with Crippen LogP contribution in [0.1, 0.15) is 18.1 Å². The Balaban J connectivity index is 0.000000337. The number of methoxy groups -OCH3 is 1. The van der Waals surface area contributed by atoms with E-state index in [0.717, 1.165) is 0 Å². The largest absolute Gasteiger partial charge is 0.388 e. The van der Waals surface area contributed by atoms with Crippen LogP contribution in [0.2, 0.25) is 0 Å². The summed E-state index contributed by atoms with van der Waals surface area (Å²) in [5.74, 6) is 0.553. The third kappa shape index (κ3) is 3.72. The van der Waals surface area contributed by atoms with E-state index in [2.05, 4.69) is 60.2 Å². The van der Waals surface area contributed by atoms with E-state index in [1.165, 1.54) is 11.1 Å². The van der Waals surface area contributed by atoms with Gasteiger partial charge in [0, 0.05) is 14.2 Å². The zero-order valence-electron chi connectivity index (χ0n) is 9.60. The van der Waals surface area contributed by atoms with Crippen LogP contribution in [-0.4, -0.2) is 14.2 Å². The number of hydrogen-bond acceptors (Lipinski definition) is 1. The van der Waals surface area contributed by atoms with Gasteiger partial charge in [-0.15, -0.1) is 0 Å². The molecule has 0 heterocycles. The van der Waals surface area contributed by atoms with E-state index in [4.69, 9.17) is 0 Å². The summed E-state index contributed by atoms with van der Waals surface area (Å²) in [5, 5.41) is 0. The smallest absolute Gasteiger partial charge is 0.0351 e. The molecule has 0 saturated heterocycles. The van der Waals surface area contributed by atoms with E-state index >= 15 is 0 Å². The maximum absolute atomic E-state index is 4.25. The van der Waals surface area contributed by atoms with E-state index in [0.29, 0.717) is 5.92 Å². The second-order valence-corrected chi connectivity index (χ2v) is 3.61. The van der Waals surface area contributed by atoms with Crippen molar-refractivity contribution >= 4 is 12.2 Å². The van der Waals surface area contributed by atoms with E-state index in [1.807, 2.05) is 0 Å². The number of hydrogen-bond donors (Lipinski definition) is 0. The van der Waals surface area contributed by atoms with Gasteiger partial charge in [0.15, 0.2) is 0 Å². The van der Waals surface area contributed by atoms with E-state index in [-0.39, 0.29) is 0 Å². The molecule has 0 radical (unpaired) electrons. The molecule has 0 unspecified atom stereocenters. The number of ether oxygens (including phenoxy) is 1. The number of allylic oxidation sites excluding steroid dienone is 2. The average molecular weight is 202 g/mol. The molecule has 0 N–H and O–H groups in total. The van der Waals surface area contributed by atoms with Crippen molar-refractivity contribution in [2.24, 2.45) is 5.92 Å². The molecule has 0 amide bonds. The fraction of sp³-hybridized carbons (Fsp3) is 0.286. The second kappa shape index (κ2) is 6.20. The van der Waals surface area contributed by atoms with Crippen LogP contribution in [0.15, 0.2) is 36.4 Å². The Morgan fingerprint density at radius 3 is 1.73 bits per heavy atom. The minimum absolute atomic E-state index is 0.553. The molecule has 1 aliphatic carbocycles. The van der Waals surface area contributed by atoms with Gasteiger partial charge in [-0.2, -0.15) is 0 Å². The summed E-state index contributed by atoms with van der Waals surface area (Å²) in [4.78, 5) is 0. The maximum atomic E-state index is 4.25. The maximum Gasteiger partial charge on any atom is 0.0351 e. The summed E-state index contributed by atoms with van der Waals surface area (Å²) in [6.45, 7) is 2.19. The van der Waals surface area contributed by atoms with Crippen molar-refractivity contribution in [3.63, 3.8) is 0 Å². The Hall–Kier alpha value is -1.34. The summed E-state index contributed by atoms with van der Waals surface area (Å²) >= 11 is 0. The lowest BCUT2D eigenvalue weighted by Gasteiger charge is -1.96. The SMILES string of the molecule is CC1C=Cc2ccccc2C=C1.COC. The van der Waals surface area contributed by atoms with E-state index in [1.54, 1.807) is 14.2 Å². The highest BCUT2D eigenvalue weighted by molar-refractivity contribution is 5.67. The predicted octanol–water partition coefficient (Wildman–Crippen LogP) is 3.63. The van der Waals surface area contributed by atoms with Crippen molar-refractivity contribution in [1.82, 2.24) is 0 Å². The van der Waals surface area contributed by atoms with Gasteiger partial charge >= 0.3 is 0 Å². The zero-order valence-corrected chi connectivity index (χ0v) is 9.60. The zero-order chi connectivity index (χ0) is 11.1. The first-order chi connectivity index (χ1) is 7.27. The number of fused-ring (bicyclic) bond motifs is 1. The van der Waals surface area contributed by atoms with Crippen LogP contribution >= 0.6 is 0 Å². The van der Waals surface area contributed by atoms with Gasteiger partial charge in [0.2, 0.25) is 0 Å². The van der Waals surface area contributed by atoms with E-state index in [9.17, 15) is 0 Å². The van der Waals surface area contributed by atoms with Crippen LogP contribution in [0, 0.1) is 5.92 Å². The highest BCUT2D eigenvalue weighted by atomic mass is 16.4. The quantitative estimate of drug-likeness (QED) is 0.624. The lowest BCUT2D eigenvalue weighted by Crippen LogP contribution is -1.77. The van der Waals surface area contributed by atoms with Gasteiger partial charge in [0.25, 0.3) is 0 Å². The minimum Gasteiger partial charge on any atom is -0.388 e. The number of rotatable bonds is 0. The molecule has 1 aromatic rings. The first-order valence-corrected chi connectivity index (χ1v) is 5.13. The molecule has 1 aromatic carbocycles. The summed E-state index contributed by atoms with van der Waals surface area (Å²) in [6, 6.07) is 8.45. The standard InChI is InChI=1S/C12H12.C2H6O/c1-10-6-8-11-4-2-3-5-12(11)9-7-10;1-3-2/h2-10H,1H3;1-2H3. The summed E-state index contributed by atoms with van der Waals surface area (Å²) in [6.07, 6.45) is 8.84. The summed E-state index contributed by atoms with van der Waals surface area (Å²) in [5.41, 5.74) is 2.64.